The third-order valence-electron chi connectivity index (χ3n) is 2.98. The highest BCUT2D eigenvalue weighted by atomic mass is 16.5. The molecule has 1 rings (SSSR count). The number of ether oxygens (including phenoxy) is 4. The average molecular weight is 297 g/mol. The predicted molar refractivity (Wildman–Crippen MR) is 83.1 cm³/mol. The van der Waals surface area contributed by atoms with Crippen molar-refractivity contribution in [2.24, 2.45) is 0 Å². The number of rotatable bonds is 13. The summed E-state index contributed by atoms with van der Waals surface area (Å²) in [6.45, 7) is 5.01. The smallest absolute Gasteiger partial charge is 0.118 e. The third-order valence-corrected chi connectivity index (χ3v) is 2.98. The van der Waals surface area contributed by atoms with E-state index >= 15 is 0 Å². The Kier molecular flexibility index (Phi) is 10.7. The number of methoxy groups -OCH3 is 2. The van der Waals surface area contributed by atoms with Crippen LogP contribution in [0, 0.1) is 0 Å². The SMILES string of the molecule is COCCOCCOCCNCCc1ccc(OC)cc1. The first-order chi connectivity index (χ1) is 10.4. The maximum atomic E-state index is 5.45. The standard InChI is InChI=1S/C16H27NO4/c1-18-11-12-21-14-13-20-10-9-17-8-7-15-3-5-16(19-2)6-4-15/h3-6,17H,7-14H2,1-2H3. The lowest BCUT2D eigenvalue weighted by molar-refractivity contribution is 0.0256. The lowest BCUT2D eigenvalue weighted by Gasteiger charge is -2.07. The molecule has 0 bridgehead atoms. The summed E-state index contributed by atoms with van der Waals surface area (Å²) < 4.78 is 20.8. The fourth-order valence-corrected chi connectivity index (χ4v) is 1.76. The predicted octanol–water partition coefficient (Wildman–Crippen LogP) is 1.51. The zero-order valence-corrected chi connectivity index (χ0v) is 13.1. The zero-order chi connectivity index (χ0) is 15.2. The molecular formula is C16H27NO4. The highest BCUT2D eigenvalue weighted by Crippen LogP contribution is 2.11. The molecule has 0 aliphatic carbocycles. The molecule has 0 atom stereocenters. The van der Waals surface area contributed by atoms with Crippen LogP contribution in [-0.4, -0.2) is 60.3 Å². The quantitative estimate of drug-likeness (QED) is 0.559. The van der Waals surface area contributed by atoms with E-state index in [1.165, 1.54) is 5.56 Å². The summed E-state index contributed by atoms with van der Waals surface area (Å²) in [7, 11) is 3.34. The minimum absolute atomic E-state index is 0.620. The van der Waals surface area contributed by atoms with Crippen molar-refractivity contribution < 1.29 is 18.9 Å². The van der Waals surface area contributed by atoms with Crippen LogP contribution in [0.4, 0.5) is 0 Å². The largest absolute Gasteiger partial charge is 0.497 e. The number of nitrogens with one attached hydrogen (secondary N) is 1. The van der Waals surface area contributed by atoms with Gasteiger partial charge in [0.1, 0.15) is 5.75 Å². The average Bonchev–Trinajstić information content (AvgIpc) is 2.53. The minimum Gasteiger partial charge on any atom is -0.497 e. The van der Waals surface area contributed by atoms with Gasteiger partial charge in [-0.3, -0.25) is 0 Å². The van der Waals surface area contributed by atoms with Gasteiger partial charge < -0.3 is 24.3 Å². The Balaban J connectivity index is 1.88. The molecule has 0 unspecified atom stereocenters. The van der Waals surface area contributed by atoms with E-state index in [-0.39, 0.29) is 0 Å². The van der Waals surface area contributed by atoms with Crippen molar-refractivity contribution in [3.05, 3.63) is 29.8 Å². The van der Waals surface area contributed by atoms with Crippen LogP contribution in [0.15, 0.2) is 24.3 Å². The molecule has 120 valence electrons. The maximum absolute atomic E-state index is 5.45. The molecule has 21 heavy (non-hydrogen) atoms. The van der Waals surface area contributed by atoms with Crippen molar-refractivity contribution >= 4 is 0 Å². The van der Waals surface area contributed by atoms with Crippen LogP contribution in [0.1, 0.15) is 5.56 Å². The van der Waals surface area contributed by atoms with Gasteiger partial charge in [0.15, 0.2) is 0 Å². The molecule has 0 spiro atoms. The van der Waals surface area contributed by atoms with E-state index in [1.54, 1.807) is 14.2 Å². The molecule has 0 amide bonds. The number of hydrogen-bond acceptors (Lipinski definition) is 5. The van der Waals surface area contributed by atoms with E-state index in [0.717, 1.165) is 25.3 Å². The van der Waals surface area contributed by atoms with Gasteiger partial charge in [0.25, 0.3) is 0 Å². The highest BCUT2D eigenvalue weighted by Gasteiger charge is 1.95. The normalized spacial score (nSPS) is 10.8. The molecule has 0 aliphatic heterocycles. The van der Waals surface area contributed by atoms with Crippen molar-refractivity contribution in [1.82, 2.24) is 5.32 Å². The molecular weight excluding hydrogens is 270 g/mol. The molecule has 1 aromatic carbocycles. The van der Waals surface area contributed by atoms with Gasteiger partial charge in [0.2, 0.25) is 0 Å². The number of benzene rings is 1. The molecule has 0 fully saturated rings. The first-order valence-corrected chi connectivity index (χ1v) is 7.35. The van der Waals surface area contributed by atoms with Crippen LogP contribution >= 0.6 is 0 Å². The summed E-state index contributed by atoms with van der Waals surface area (Å²) in [6.07, 6.45) is 1.00. The summed E-state index contributed by atoms with van der Waals surface area (Å²) in [5, 5.41) is 3.36. The first-order valence-electron chi connectivity index (χ1n) is 7.35. The molecule has 0 saturated carbocycles. The van der Waals surface area contributed by atoms with E-state index in [1.807, 2.05) is 12.1 Å². The van der Waals surface area contributed by atoms with E-state index < -0.39 is 0 Å². The second kappa shape index (κ2) is 12.6. The lowest BCUT2D eigenvalue weighted by atomic mass is 10.1. The summed E-state index contributed by atoms with van der Waals surface area (Å²) >= 11 is 0. The van der Waals surface area contributed by atoms with E-state index in [9.17, 15) is 0 Å². The topological polar surface area (TPSA) is 49.0 Å². The molecule has 1 aromatic rings. The van der Waals surface area contributed by atoms with Gasteiger partial charge >= 0.3 is 0 Å². The van der Waals surface area contributed by atoms with E-state index in [2.05, 4.69) is 17.4 Å². The second-order valence-corrected chi connectivity index (χ2v) is 4.57. The van der Waals surface area contributed by atoms with Crippen LogP contribution in [0.25, 0.3) is 0 Å². The van der Waals surface area contributed by atoms with Crippen LogP contribution in [0.5, 0.6) is 5.75 Å². The fourth-order valence-electron chi connectivity index (χ4n) is 1.76. The Labute approximate surface area is 127 Å². The minimum atomic E-state index is 0.620. The van der Waals surface area contributed by atoms with Gasteiger partial charge in [-0.25, -0.2) is 0 Å². The van der Waals surface area contributed by atoms with Gasteiger partial charge in [-0.2, -0.15) is 0 Å². The lowest BCUT2D eigenvalue weighted by Crippen LogP contribution is -2.23. The summed E-state index contributed by atoms with van der Waals surface area (Å²) in [5.74, 6) is 0.896. The monoisotopic (exact) mass is 297 g/mol. The Hall–Kier alpha value is -1.14. The fraction of sp³-hybridized carbons (Fsp3) is 0.625. The second-order valence-electron chi connectivity index (χ2n) is 4.57. The van der Waals surface area contributed by atoms with Crippen molar-refractivity contribution in [1.29, 1.82) is 0 Å². The number of hydrogen-bond donors (Lipinski definition) is 1. The molecule has 5 heteroatoms. The van der Waals surface area contributed by atoms with Gasteiger partial charge in [-0.05, 0) is 30.7 Å². The van der Waals surface area contributed by atoms with Crippen molar-refractivity contribution in [3.63, 3.8) is 0 Å². The van der Waals surface area contributed by atoms with Gasteiger partial charge in [0, 0.05) is 13.7 Å². The van der Waals surface area contributed by atoms with Gasteiger partial charge in [-0.15, -0.1) is 0 Å². The zero-order valence-electron chi connectivity index (χ0n) is 13.1. The Bertz CT molecular complexity index is 343. The van der Waals surface area contributed by atoms with Crippen molar-refractivity contribution in [3.8, 4) is 5.75 Å². The van der Waals surface area contributed by atoms with Crippen LogP contribution in [0.2, 0.25) is 0 Å². The van der Waals surface area contributed by atoms with Crippen LogP contribution in [0.3, 0.4) is 0 Å². The molecule has 0 saturated heterocycles. The molecule has 0 heterocycles. The van der Waals surface area contributed by atoms with Crippen LogP contribution in [-0.2, 0) is 20.6 Å². The molecule has 0 aliphatic rings. The first kappa shape index (κ1) is 17.9. The Morgan fingerprint density at radius 1 is 0.810 bits per heavy atom. The summed E-state index contributed by atoms with van der Waals surface area (Å²) in [5.41, 5.74) is 1.30. The third kappa shape index (κ3) is 9.42. The van der Waals surface area contributed by atoms with Crippen LogP contribution < -0.4 is 10.1 Å². The van der Waals surface area contributed by atoms with Crippen molar-refractivity contribution in [2.75, 3.05) is 60.3 Å². The summed E-state index contributed by atoms with van der Waals surface area (Å²) in [6, 6.07) is 8.16. The molecule has 0 radical (unpaired) electrons. The van der Waals surface area contributed by atoms with Gasteiger partial charge in [0.05, 0.1) is 40.1 Å². The molecule has 5 nitrogen and oxygen atoms in total. The van der Waals surface area contributed by atoms with Gasteiger partial charge in [-0.1, -0.05) is 12.1 Å². The Morgan fingerprint density at radius 3 is 2.14 bits per heavy atom. The highest BCUT2D eigenvalue weighted by molar-refractivity contribution is 5.27. The van der Waals surface area contributed by atoms with E-state index in [0.29, 0.717) is 33.0 Å². The van der Waals surface area contributed by atoms with E-state index in [4.69, 9.17) is 18.9 Å². The summed E-state index contributed by atoms with van der Waals surface area (Å²) in [4.78, 5) is 0. The molecule has 0 aromatic heterocycles. The van der Waals surface area contributed by atoms with Crippen molar-refractivity contribution in [2.45, 2.75) is 6.42 Å². The Morgan fingerprint density at radius 2 is 1.48 bits per heavy atom. The maximum Gasteiger partial charge on any atom is 0.118 e. The molecule has 1 N–H and O–H groups in total.